The summed E-state index contributed by atoms with van der Waals surface area (Å²) in [5, 5.41) is 15.6. The molecular formula is C12H21ClN2OS. The third kappa shape index (κ3) is 4.19. The number of hydrogen-bond donors (Lipinski definition) is 1. The maximum atomic E-state index is 9.98. The van der Waals surface area contributed by atoms with Crippen molar-refractivity contribution in [2.75, 3.05) is 5.75 Å². The lowest BCUT2D eigenvalue weighted by Gasteiger charge is -2.13. The molecule has 1 heterocycles. The highest BCUT2D eigenvalue weighted by Gasteiger charge is 2.16. The van der Waals surface area contributed by atoms with E-state index in [9.17, 15) is 5.11 Å². The molecule has 0 bridgehead atoms. The van der Waals surface area contributed by atoms with Gasteiger partial charge < -0.3 is 5.11 Å². The van der Waals surface area contributed by atoms with Gasteiger partial charge in [-0.15, -0.1) is 0 Å². The predicted molar refractivity (Wildman–Crippen MR) is 75.0 cm³/mol. The Morgan fingerprint density at radius 1 is 1.47 bits per heavy atom. The van der Waals surface area contributed by atoms with Crippen LogP contribution in [0.3, 0.4) is 0 Å². The van der Waals surface area contributed by atoms with E-state index in [0.717, 1.165) is 23.7 Å². The molecule has 0 aliphatic heterocycles. The highest BCUT2D eigenvalue weighted by Crippen LogP contribution is 2.23. The molecule has 1 aromatic rings. The Kier molecular flexibility index (Phi) is 5.83. The number of aliphatic hydroxyl groups is 1. The fourth-order valence-electron chi connectivity index (χ4n) is 1.65. The smallest absolute Gasteiger partial charge is 0.0848 e. The van der Waals surface area contributed by atoms with Crippen LogP contribution in [0, 0.1) is 6.92 Å². The zero-order chi connectivity index (χ0) is 13.0. The molecule has 98 valence electrons. The molecule has 0 spiro atoms. The van der Waals surface area contributed by atoms with Gasteiger partial charge in [-0.05, 0) is 19.1 Å². The molecule has 0 aromatic carbocycles. The van der Waals surface area contributed by atoms with Gasteiger partial charge in [-0.1, -0.05) is 25.4 Å². The van der Waals surface area contributed by atoms with E-state index in [4.69, 9.17) is 11.6 Å². The molecule has 1 aromatic heterocycles. The molecule has 0 radical (unpaired) electrons. The summed E-state index contributed by atoms with van der Waals surface area (Å²) in [5.74, 6) is 0.738. The Morgan fingerprint density at radius 3 is 2.65 bits per heavy atom. The van der Waals surface area contributed by atoms with Crippen LogP contribution >= 0.6 is 23.4 Å². The van der Waals surface area contributed by atoms with E-state index in [1.54, 1.807) is 11.8 Å². The first-order valence-corrected chi connectivity index (χ1v) is 7.39. The molecule has 5 heteroatoms. The second-order valence-corrected chi connectivity index (χ2v) is 6.39. The SMILES string of the molecule is CCn1nc(C)c(Cl)c1CC(O)CSC(C)C. The van der Waals surface area contributed by atoms with Crippen molar-refractivity contribution >= 4 is 23.4 Å². The summed E-state index contributed by atoms with van der Waals surface area (Å²) in [6.45, 7) is 8.97. The zero-order valence-electron chi connectivity index (χ0n) is 10.9. The minimum Gasteiger partial charge on any atom is -0.392 e. The van der Waals surface area contributed by atoms with Crippen LogP contribution in [0.5, 0.6) is 0 Å². The zero-order valence-corrected chi connectivity index (χ0v) is 12.5. The molecular weight excluding hydrogens is 256 g/mol. The van der Waals surface area contributed by atoms with Crippen molar-refractivity contribution in [1.29, 1.82) is 0 Å². The minimum atomic E-state index is -0.360. The first-order chi connectivity index (χ1) is 7.95. The van der Waals surface area contributed by atoms with Gasteiger partial charge in [0.25, 0.3) is 0 Å². The van der Waals surface area contributed by atoms with Crippen molar-refractivity contribution in [3.63, 3.8) is 0 Å². The molecule has 0 fully saturated rings. The summed E-state index contributed by atoms with van der Waals surface area (Å²) in [7, 11) is 0. The van der Waals surface area contributed by atoms with Crippen LogP contribution in [0.25, 0.3) is 0 Å². The number of aryl methyl sites for hydroxylation is 2. The third-order valence-corrected chi connectivity index (χ3v) is 4.24. The number of halogens is 1. The average molecular weight is 277 g/mol. The number of thioether (sulfide) groups is 1. The second kappa shape index (κ2) is 6.66. The standard InChI is InChI=1S/C12H21ClN2OS/c1-5-15-11(12(13)9(4)14-15)6-10(16)7-17-8(2)3/h8,10,16H,5-7H2,1-4H3. The molecule has 0 aliphatic rings. The van der Waals surface area contributed by atoms with Gasteiger partial charge in [-0.2, -0.15) is 16.9 Å². The average Bonchev–Trinajstić information content (AvgIpc) is 2.54. The Balaban J connectivity index is 2.67. The highest BCUT2D eigenvalue weighted by molar-refractivity contribution is 7.99. The highest BCUT2D eigenvalue weighted by atomic mass is 35.5. The van der Waals surface area contributed by atoms with Crippen LogP contribution in [0.4, 0.5) is 0 Å². The third-order valence-electron chi connectivity index (χ3n) is 2.50. The Hall–Kier alpha value is -0.190. The van der Waals surface area contributed by atoms with E-state index < -0.39 is 0 Å². The topological polar surface area (TPSA) is 38.0 Å². The van der Waals surface area contributed by atoms with Gasteiger partial charge in [0, 0.05) is 18.7 Å². The molecule has 1 N–H and O–H groups in total. The first kappa shape index (κ1) is 14.9. The van der Waals surface area contributed by atoms with Crippen molar-refractivity contribution in [2.45, 2.75) is 52.0 Å². The van der Waals surface area contributed by atoms with E-state index in [-0.39, 0.29) is 6.10 Å². The first-order valence-electron chi connectivity index (χ1n) is 5.97. The lowest BCUT2D eigenvalue weighted by atomic mass is 10.2. The van der Waals surface area contributed by atoms with Gasteiger partial charge in [0.05, 0.1) is 22.5 Å². The maximum Gasteiger partial charge on any atom is 0.0848 e. The van der Waals surface area contributed by atoms with Gasteiger partial charge in [-0.25, -0.2) is 0 Å². The Morgan fingerprint density at radius 2 is 2.12 bits per heavy atom. The molecule has 0 saturated heterocycles. The van der Waals surface area contributed by atoms with Crippen LogP contribution in [0.15, 0.2) is 0 Å². The van der Waals surface area contributed by atoms with Crippen LogP contribution in [-0.2, 0) is 13.0 Å². The van der Waals surface area contributed by atoms with Crippen LogP contribution in [-0.4, -0.2) is 32.0 Å². The molecule has 1 rings (SSSR count). The summed E-state index contributed by atoms with van der Waals surface area (Å²) < 4.78 is 1.88. The van der Waals surface area contributed by atoms with Crippen molar-refractivity contribution < 1.29 is 5.11 Å². The fourth-order valence-corrected chi connectivity index (χ4v) is 2.59. The maximum absolute atomic E-state index is 9.98. The van der Waals surface area contributed by atoms with E-state index in [1.807, 2.05) is 18.5 Å². The minimum absolute atomic E-state index is 0.360. The summed E-state index contributed by atoms with van der Waals surface area (Å²) in [5.41, 5.74) is 1.79. The molecule has 0 aliphatic carbocycles. The number of rotatable bonds is 6. The van der Waals surface area contributed by atoms with E-state index in [1.165, 1.54) is 0 Å². The number of aromatic nitrogens is 2. The number of hydrogen-bond acceptors (Lipinski definition) is 3. The van der Waals surface area contributed by atoms with Crippen molar-refractivity contribution in [3.8, 4) is 0 Å². The molecule has 1 unspecified atom stereocenters. The van der Waals surface area contributed by atoms with Crippen molar-refractivity contribution in [2.24, 2.45) is 0 Å². The van der Waals surface area contributed by atoms with Crippen molar-refractivity contribution in [1.82, 2.24) is 9.78 Å². The summed E-state index contributed by atoms with van der Waals surface area (Å²) in [4.78, 5) is 0. The van der Waals surface area contributed by atoms with E-state index >= 15 is 0 Å². The van der Waals surface area contributed by atoms with Crippen LogP contribution in [0.2, 0.25) is 5.02 Å². The Bertz CT molecular complexity index is 366. The summed E-state index contributed by atoms with van der Waals surface area (Å²) >= 11 is 7.96. The number of nitrogens with zero attached hydrogens (tertiary/aromatic N) is 2. The lowest BCUT2D eigenvalue weighted by Crippen LogP contribution is -2.18. The fraction of sp³-hybridized carbons (Fsp3) is 0.750. The van der Waals surface area contributed by atoms with Gasteiger partial charge in [0.2, 0.25) is 0 Å². The predicted octanol–water partition coefficient (Wildman–Crippen LogP) is 2.91. The molecule has 0 amide bonds. The second-order valence-electron chi connectivity index (χ2n) is 4.40. The van der Waals surface area contributed by atoms with Gasteiger partial charge in [-0.3, -0.25) is 4.68 Å². The summed E-state index contributed by atoms with van der Waals surface area (Å²) in [6, 6.07) is 0. The van der Waals surface area contributed by atoms with Gasteiger partial charge in [0.1, 0.15) is 0 Å². The Labute approximate surface area is 113 Å². The molecule has 1 atom stereocenters. The molecule has 3 nitrogen and oxygen atoms in total. The van der Waals surface area contributed by atoms with Crippen LogP contribution in [0.1, 0.15) is 32.2 Å². The lowest BCUT2D eigenvalue weighted by molar-refractivity contribution is 0.197. The van der Waals surface area contributed by atoms with E-state index in [2.05, 4.69) is 18.9 Å². The quantitative estimate of drug-likeness (QED) is 0.868. The van der Waals surface area contributed by atoms with Crippen molar-refractivity contribution in [3.05, 3.63) is 16.4 Å². The van der Waals surface area contributed by atoms with E-state index in [0.29, 0.717) is 16.7 Å². The monoisotopic (exact) mass is 276 g/mol. The largest absolute Gasteiger partial charge is 0.392 e. The number of aliphatic hydroxyl groups excluding tert-OH is 1. The summed E-state index contributed by atoms with van der Waals surface area (Å²) in [6.07, 6.45) is 0.217. The molecule has 17 heavy (non-hydrogen) atoms. The van der Waals surface area contributed by atoms with Crippen LogP contribution < -0.4 is 0 Å². The normalized spacial score (nSPS) is 13.4. The molecule has 0 saturated carbocycles. The van der Waals surface area contributed by atoms with Gasteiger partial charge >= 0.3 is 0 Å². The van der Waals surface area contributed by atoms with Gasteiger partial charge in [0.15, 0.2) is 0 Å².